The lowest BCUT2D eigenvalue weighted by atomic mass is 10.1. The van der Waals surface area contributed by atoms with E-state index in [1.807, 2.05) is 0 Å². The molecule has 0 saturated carbocycles. The quantitative estimate of drug-likeness (QED) is 0.508. The summed E-state index contributed by atoms with van der Waals surface area (Å²) in [6.07, 6.45) is 4.43. The van der Waals surface area contributed by atoms with Crippen molar-refractivity contribution in [2.45, 2.75) is 25.4 Å². The monoisotopic (exact) mass is 284 g/mol. The van der Waals surface area contributed by atoms with E-state index in [1.54, 1.807) is 23.3 Å². The Balaban J connectivity index is 2.30. The molecule has 0 aliphatic heterocycles. The van der Waals surface area contributed by atoms with Gasteiger partial charge in [0.25, 0.3) is 0 Å². The highest BCUT2D eigenvalue weighted by Gasteiger charge is 2.20. The average molecular weight is 284 g/mol. The molecule has 1 heterocycles. The maximum absolute atomic E-state index is 11.5. The number of urea groups is 1. The molecule has 9 nitrogen and oxygen atoms in total. The number of carbonyl (C=O) groups is 3. The zero-order valence-electron chi connectivity index (χ0n) is 10.7. The Morgan fingerprint density at radius 1 is 1.30 bits per heavy atom. The van der Waals surface area contributed by atoms with Gasteiger partial charge < -0.3 is 25.4 Å². The Hall–Kier alpha value is -2.58. The molecule has 1 rings (SSSR count). The molecule has 0 aliphatic rings. The zero-order chi connectivity index (χ0) is 15.0. The summed E-state index contributed by atoms with van der Waals surface area (Å²) in [5, 5.41) is 22.1. The first kappa shape index (κ1) is 15.5. The SMILES string of the molecule is O=C(O)CCC(NC(=O)NCCn1ccnc1)C(=O)O. The number of aromatic nitrogens is 2. The van der Waals surface area contributed by atoms with Crippen LogP contribution >= 0.6 is 0 Å². The largest absolute Gasteiger partial charge is 0.481 e. The van der Waals surface area contributed by atoms with Gasteiger partial charge in [0.1, 0.15) is 6.04 Å². The molecular formula is C11H16N4O5. The van der Waals surface area contributed by atoms with Gasteiger partial charge in [-0.25, -0.2) is 14.6 Å². The molecule has 1 unspecified atom stereocenters. The Morgan fingerprint density at radius 3 is 2.60 bits per heavy atom. The number of nitrogens with zero attached hydrogens (tertiary/aromatic N) is 2. The van der Waals surface area contributed by atoms with Crippen molar-refractivity contribution in [2.75, 3.05) is 6.54 Å². The molecule has 1 atom stereocenters. The third-order valence-corrected chi connectivity index (χ3v) is 2.47. The molecule has 1 aromatic rings. The Kier molecular flexibility index (Phi) is 6.01. The zero-order valence-corrected chi connectivity index (χ0v) is 10.7. The van der Waals surface area contributed by atoms with Crippen molar-refractivity contribution in [1.82, 2.24) is 20.2 Å². The topological polar surface area (TPSA) is 134 Å². The Labute approximate surface area is 114 Å². The van der Waals surface area contributed by atoms with Gasteiger partial charge in [0.2, 0.25) is 0 Å². The van der Waals surface area contributed by atoms with E-state index in [4.69, 9.17) is 10.2 Å². The molecule has 0 spiro atoms. The van der Waals surface area contributed by atoms with Crippen LogP contribution in [0.2, 0.25) is 0 Å². The number of rotatable bonds is 8. The molecule has 20 heavy (non-hydrogen) atoms. The van der Waals surface area contributed by atoms with Crippen LogP contribution in [-0.4, -0.2) is 50.3 Å². The average Bonchev–Trinajstić information content (AvgIpc) is 2.87. The number of imidazole rings is 1. The molecular weight excluding hydrogens is 268 g/mol. The van der Waals surface area contributed by atoms with Crippen molar-refractivity contribution in [3.63, 3.8) is 0 Å². The number of carbonyl (C=O) groups excluding carboxylic acids is 1. The molecule has 0 aromatic carbocycles. The van der Waals surface area contributed by atoms with Gasteiger partial charge in [-0.05, 0) is 6.42 Å². The molecule has 1 aromatic heterocycles. The molecule has 2 amide bonds. The van der Waals surface area contributed by atoms with Gasteiger partial charge in [-0.2, -0.15) is 0 Å². The van der Waals surface area contributed by atoms with E-state index < -0.39 is 24.0 Å². The van der Waals surface area contributed by atoms with Gasteiger partial charge in [-0.3, -0.25) is 4.79 Å². The minimum Gasteiger partial charge on any atom is -0.481 e. The fraction of sp³-hybridized carbons (Fsp3) is 0.455. The van der Waals surface area contributed by atoms with Crippen molar-refractivity contribution < 1.29 is 24.6 Å². The Bertz CT molecular complexity index is 459. The van der Waals surface area contributed by atoms with Crippen LogP contribution in [0.5, 0.6) is 0 Å². The minimum absolute atomic E-state index is 0.167. The van der Waals surface area contributed by atoms with Crippen LogP contribution in [0.15, 0.2) is 18.7 Å². The summed E-state index contributed by atoms with van der Waals surface area (Å²) in [6, 6.07) is -1.87. The van der Waals surface area contributed by atoms with Crippen LogP contribution in [0.3, 0.4) is 0 Å². The fourth-order valence-corrected chi connectivity index (χ4v) is 1.45. The molecule has 110 valence electrons. The second kappa shape index (κ2) is 7.77. The molecule has 0 radical (unpaired) electrons. The fourth-order valence-electron chi connectivity index (χ4n) is 1.45. The lowest BCUT2D eigenvalue weighted by Gasteiger charge is -2.14. The highest BCUT2D eigenvalue weighted by atomic mass is 16.4. The van der Waals surface area contributed by atoms with Crippen molar-refractivity contribution in [3.8, 4) is 0 Å². The van der Waals surface area contributed by atoms with Gasteiger partial charge in [-0.15, -0.1) is 0 Å². The first-order chi connectivity index (χ1) is 9.49. The normalized spacial score (nSPS) is 11.6. The lowest BCUT2D eigenvalue weighted by Crippen LogP contribution is -2.46. The summed E-state index contributed by atoms with van der Waals surface area (Å²) in [5.74, 6) is -2.38. The molecule has 0 saturated heterocycles. The van der Waals surface area contributed by atoms with Crippen molar-refractivity contribution in [2.24, 2.45) is 0 Å². The standard InChI is InChI=1S/C11H16N4O5/c16-9(17)2-1-8(10(18)19)14-11(20)13-4-6-15-5-3-12-7-15/h3,5,7-8H,1-2,4,6H2,(H,16,17)(H,18,19)(H2,13,14,20). The van der Waals surface area contributed by atoms with Gasteiger partial charge >= 0.3 is 18.0 Å². The molecule has 4 N–H and O–H groups in total. The first-order valence-corrected chi connectivity index (χ1v) is 5.93. The third kappa shape index (κ3) is 5.85. The number of carboxylic acid groups (broad SMARTS) is 2. The number of carboxylic acids is 2. The summed E-state index contributed by atoms with van der Waals surface area (Å²) < 4.78 is 1.75. The van der Waals surface area contributed by atoms with Crippen molar-refractivity contribution in [3.05, 3.63) is 18.7 Å². The maximum Gasteiger partial charge on any atom is 0.326 e. The molecule has 9 heteroatoms. The van der Waals surface area contributed by atoms with E-state index in [0.717, 1.165) is 0 Å². The summed E-state index contributed by atoms with van der Waals surface area (Å²) in [7, 11) is 0. The maximum atomic E-state index is 11.5. The van der Waals surface area contributed by atoms with Crippen LogP contribution in [0.4, 0.5) is 4.79 Å². The predicted molar refractivity (Wildman–Crippen MR) is 67.1 cm³/mol. The first-order valence-electron chi connectivity index (χ1n) is 5.93. The summed E-state index contributed by atoms with van der Waals surface area (Å²) in [4.78, 5) is 36.6. The Morgan fingerprint density at radius 2 is 2.05 bits per heavy atom. The van der Waals surface area contributed by atoms with Crippen molar-refractivity contribution >= 4 is 18.0 Å². The van der Waals surface area contributed by atoms with Gasteiger partial charge in [0.05, 0.1) is 6.33 Å². The van der Waals surface area contributed by atoms with Crippen LogP contribution in [0, 0.1) is 0 Å². The van der Waals surface area contributed by atoms with E-state index in [2.05, 4.69) is 15.6 Å². The minimum atomic E-state index is -1.27. The van der Waals surface area contributed by atoms with Crippen molar-refractivity contribution in [1.29, 1.82) is 0 Å². The number of hydrogen-bond donors (Lipinski definition) is 4. The van der Waals surface area contributed by atoms with E-state index in [9.17, 15) is 14.4 Å². The van der Waals surface area contributed by atoms with Crippen LogP contribution in [0.25, 0.3) is 0 Å². The molecule has 0 bridgehead atoms. The van der Waals surface area contributed by atoms with Gasteiger partial charge in [0.15, 0.2) is 0 Å². The number of amides is 2. The smallest absolute Gasteiger partial charge is 0.326 e. The van der Waals surface area contributed by atoms with Gasteiger partial charge in [-0.1, -0.05) is 0 Å². The van der Waals surface area contributed by atoms with Crippen LogP contribution in [-0.2, 0) is 16.1 Å². The number of nitrogens with one attached hydrogen (secondary N) is 2. The summed E-state index contributed by atoms with van der Waals surface area (Å²) in [5.41, 5.74) is 0. The van der Waals surface area contributed by atoms with E-state index in [-0.39, 0.29) is 12.8 Å². The van der Waals surface area contributed by atoms with Crippen LogP contribution in [0.1, 0.15) is 12.8 Å². The van der Waals surface area contributed by atoms with E-state index in [0.29, 0.717) is 13.1 Å². The third-order valence-electron chi connectivity index (χ3n) is 2.47. The number of hydrogen-bond acceptors (Lipinski definition) is 4. The van der Waals surface area contributed by atoms with E-state index >= 15 is 0 Å². The second-order valence-electron chi connectivity index (χ2n) is 4.02. The lowest BCUT2D eigenvalue weighted by molar-refractivity contribution is -0.140. The van der Waals surface area contributed by atoms with Crippen LogP contribution < -0.4 is 10.6 Å². The van der Waals surface area contributed by atoms with Gasteiger partial charge in [0, 0.05) is 31.9 Å². The highest BCUT2D eigenvalue weighted by Crippen LogP contribution is 1.98. The molecule has 0 fully saturated rings. The summed E-state index contributed by atoms with van der Waals surface area (Å²) >= 11 is 0. The highest BCUT2D eigenvalue weighted by molar-refractivity contribution is 5.82. The second-order valence-corrected chi connectivity index (χ2v) is 4.02. The molecule has 0 aliphatic carbocycles. The van der Waals surface area contributed by atoms with E-state index in [1.165, 1.54) is 0 Å². The summed E-state index contributed by atoms with van der Waals surface area (Å²) in [6.45, 7) is 0.799. The predicted octanol–water partition coefficient (Wildman–Crippen LogP) is -0.500. The number of aliphatic carboxylic acids is 2.